The summed E-state index contributed by atoms with van der Waals surface area (Å²) in [7, 11) is 0. The van der Waals surface area contributed by atoms with Crippen molar-refractivity contribution >= 4 is 0 Å². The highest BCUT2D eigenvalue weighted by Gasteiger charge is 1.98. The topological polar surface area (TPSA) is 17.8 Å². The van der Waals surface area contributed by atoms with E-state index in [2.05, 4.69) is 23.4 Å². The molecule has 0 aliphatic rings. The molecular formula is C8H14N2. The largest absolute Gasteiger partial charge is 0.333 e. The fraction of sp³-hybridized carbons (Fsp3) is 0.625. The molecule has 0 saturated carbocycles. The van der Waals surface area contributed by atoms with Gasteiger partial charge < -0.3 is 4.57 Å². The van der Waals surface area contributed by atoms with E-state index in [0.717, 1.165) is 12.4 Å². The van der Waals surface area contributed by atoms with Gasteiger partial charge in [0.25, 0.3) is 0 Å². The molecule has 2 heteroatoms. The monoisotopic (exact) mass is 138 g/mol. The summed E-state index contributed by atoms with van der Waals surface area (Å²) < 4.78 is 2.24. The molecule has 0 bridgehead atoms. The van der Waals surface area contributed by atoms with Gasteiger partial charge in [-0.2, -0.15) is 0 Å². The number of hydrogen-bond donors (Lipinski definition) is 0. The average Bonchev–Trinajstić information content (AvgIpc) is 2.20. The van der Waals surface area contributed by atoms with Crippen LogP contribution in [0.3, 0.4) is 0 Å². The third-order valence-corrected chi connectivity index (χ3v) is 1.70. The first kappa shape index (κ1) is 7.32. The number of imidazole rings is 1. The predicted molar refractivity (Wildman–Crippen MR) is 42.0 cm³/mol. The van der Waals surface area contributed by atoms with E-state index in [0.29, 0.717) is 0 Å². The molecule has 1 heterocycles. The van der Waals surface area contributed by atoms with E-state index in [4.69, 9.17) is 0 Å². The second-order valence-corrected chi connectivity index (χ2v) is 2.60. The molecule has 1 aromatic rings. The summed E-state index contributed by atoms with van der Waals surface area (Å²) in [6, 6.07) is 0. The Morgan fingerprint density at radius 3 is 2.60 bits per heavy atom. The molecule has 56 valence electrons. The lowest BCUT2D eigenvalue weighted by Gasteiger charge is -2.03. The van der Waals surface area contributed by atoms with Crippen LogP contribution >= 0.6 is 0 Å². The van der Waals surface area contributed by atoms with Crippen molar-refractivity contribution in [1.29, 1.82) is 0 Å². The fourth-order valence-corrected chi connectivity index (χ4v) is 1.14. The number of hydrogen-bond acceptors (Lipinski definition) is 1. The van der Waals surface area contributed by atoms with Crippen molar-refractivity contribution in [3.63, 3.8) is 0 Å². The van der Waals surface area contributed by atoms with Crippen molar-refractivity contribution < 1.29 is 0 Å². The van der Waals surface area contributed by atoms with Crippen LogP contribution in [0.4, 0.5) is 0 Å². The van der Waals surface area contributed by atoms with Crippen LogP contribution in [0, 0.1) is 13.8 Å². The van der Waals surface area contributed by atoms with Crippen molar-refractivity contribution in [2.45, 2.75) is 33.7 Å². The zero-order valence-electron chi connectivity index (χ0n) is 6.89. The van der Waals surface area contributed by atoms with Gasteiger partial charge in [-0.15, -0.1) is 0 Å². The van der Waals surface area contributed by atoms with Crippen molar-refractivity contribution in [2.75, 3.05) is 0 Å². The van der Waals surface area contributed by atoms with E-state index in [-0.39, 0.29) is 0 Å². The Kier molecular flexibility index (Phi) is 2.10. The third-order valence-electron chi connectivity index (χ3n) is 1.70. The Morgan fingerprint density at radius 1 is 1.50 bits per heavy atom. The Morgan fingerprint density at radius 2 is 2.20 bits per heavy atom. The maximum atomic E-state index is 4.20. The molecule has 0 atom stereocenters. The predicted octanol–water partition coefficient (Wildman–Crippen LogP) is 1.91. The van der Waals surface area contributed by atoms with Crippen molar-refractivity contribution in [1.82, 2.24) is 9.55 Å². The Hall–Kier alpha value is -0.790. The van der Waals surface area contributed by atoms with Gasteiger partial charge >= 0.3 is 0 Å². The van der Waals surface area contributed by atoms with Crippen LogP contribution in [0.2, 0.25) is 0 Å². The van der Waals surface area contributed by atoms with Gasteiger partial charge in [-0.05, 0) is 20.3 Å². The molecule has 0 aliphatic carbocycles. The number of rotatable bonds is 2. The smallest absolute Gasteiger partial charge is 0.105 e. The quantitative estimate of drug-likeness (QED) is 0.610. The molecule has 1 rings (SSSR count). The Bertz CT molecular complexity index is 194. The van der Waals surface area contributed by atoms with Gasteiger partial charge in [-0.3, -0.25) is 0 Å². The average molecular weight is 138 g/mol. The van der Waals surface area contributed by atoms with Crippen LogP contribution in [0.1, 0.15) is 24.9 Å². The molecule has 0 fully saturated rings. The SMILES string of the molecule is CCCn1c(C)cnc1C. The molecular weight excluding hydrogens is 124 g/mol. The highest BCUT2D eigenvalue weighted by molar-refractivity contribution is 5.01. The number of aryl methyl sites for hydroxylation is 2. The van der Waals surface area contributed by atoms with Gasteiger partial charge in [-0.1, -0.05) is 6.92 Å². The van der Waals surface area contributed by atoms with Gasteiger partial charge in [-0.25, -0.2) is 4.98 Å². The third kappa shape index (κ3) is 1.20. The summed E-state index contributed by atoms with van der Waals surface area (Å²) in [6.45, 7) is 7.41. The van der Waals surface area contributed by atoms with E-state index in [1.807, 2.05) is 13.1 Å². The van der Waals surface area contributed by atoms with Crippen molar-refractivity contribution in [3.8, 4) is 0 Å². The standard InChI is InChI=1S/C8H14N2/c1-4-5-10-7(2)6-9-8(10)3/h6H,4-5H2,1-3H3. The molecule has 2 nitrogen and oxygen atoms in total. The van der Waals surface area contributed by atoms with E-state index >= 15 is 0 Å². The van der Waals surface area contributed by atoms with Crippen molar-refractivity contribution in [2.24, 2.45) is 0 Å². The fourth-order valence-electron chi connectivity index (χ4n) is 1.14. The molecule has 1 aromatic heterocycles. The molecule has 0 amide bonds. The zero-order chi connectivity index (χ0) is 7.56. The maximum Gasteiger partial charge on any atom is 0.105 e. The first-order valence-electron chi connectivity index (χ1n) is 3.74. The summed E-state index contributed by atoms with van der Waals surface area (Å²) >= 11 is 0. The van der Waals surface area contributed by atoms with Gasteiger partial charge in [0, 0.05) is 18.4 Å². The molecule has 0 aliphatic heterocycles. The molecule has 0 spiro atoms. The van der Waals surface area contributed by atoms with Gasteiger partial charge in [0.15, 0.2) is 0 Å². The lowest BCUT2D eigenvalue weighted by Crippen LogP contribution is -2.00. The first-order valence-corrected chi connectivity index (χ1v) is 3.74. The number of aromatic nitrogens is 2. The highest BCUT2D eigenvalue weighted by Crippen LogP contribution is 2.03. The van der Waals surface area contributed by atoms with Crippen LogP contribution in [0.5, 0.6) is 0 Å². The minimum Gasteiger partial charge on any atom is -0.333 e. The second-order valence-electron chi connectivity index (χ2n) is 2.60. The van der Waals surface area contributed by atoms with E-state index < -0.39 is 0 Å². The summed E-state index contributed by atoms with van der Waals surface area (Å²) in [6.07, 6.45) is 3.10. The van der Waals surface area contributed by atoms with Crippen molar-refractivity contribution in [3.05, 3.63) is 17.7 Å². The highest BCUT2D eigenvalue weighted by atomic mass is 15.1. The maximum absolute atomic E-state index is 4.20. The molecule has 0 N–H and O–H groups in total. The van der Waals surface area contributed by atoms with Crippen LogP contribution in [0.25, 0.3) is 0 Å². The summed E-state index contributed by atoms with van der Waals surface area (Å²) in [4.78, 5) is 4.20. The first-order chi connectivity index (χ1) is 4.75. The van der Waals surface area contributed by atoms with Crippen LogP contribution < -0.4 is 0 Å². The minimum atomic E-state index is 1.09. The second kappa shape index (κ2) is 2.86. The lowest BCUT2D eigenvalue weighted by atomic mass is 10.4. The summed E-state index contributed by atoms with van der Waals surface area (Å²) in [5, 5.41) is 0. The summed E-state index contributed by atoms with van der Waals surface area (Å²) in [5.41, 5.74) is 1.26. The normalized spacial score (nSPS) is 10.3. The van der Waals surface area contributed by atoms with E-state index in [9.17, 15) is 0 Å². The van der Waals surface area contributed by atoms with Crippen LogP contribution in [-0.4, -0.2) is 9.55 Å². The lowest BCUT2D eigenvalue weighted by molar-refractivity contribution is 0.642. The molecule has 0 radical (unpaired) electrons. The molecule has 0 aromatic carbocycles. The molecule has 10 heavy (non-hydrogen) atoms. The van der Waals surface area contributed by atoms with Crippen LogP contribution in [0.15, 0.2) is 6.20 Å². The van der Waals surface area contributed by atoms with Crippen LogP contribution in [-0.2, 0) is 6.54 Å². The van der Waals surface area contributed by atoms with Gasteiger partial charge in [0.05, 0.1) is 0 Å². The number of nitrogens with zero attached hydrogens (tertiary/aromatic N) is 2. The zero-order valence-corrected chi connectivity index (χ0v) is 6.89. The van der Waals surface area contributed by atoms with E-state index in [1.165, 1.54) is 12.1 Å². The molecule has 0 unspecified atom stereocenters. The summed E-state index contributed by atoms with van der Waals surface area (Å²) in [5.74, 6) is 1.12. The Labute approximate surface area is 61.9 Å². The van der Waals surface area contributed by atoms with Gasteiger partial charge in [0.1, 0.15) is 5.82 Å². The van der Waals surface area contributed by atoms with E-state index in [1.54, 1.807) is 0 Å². The van der Waals surface area contributed by atoms with Gasteiger partial charge in [0.2, 0.25) is 0 Å². The minimum absolute atomic E-state index is 1.09. The molecule has 0 saturated heterocycles. The Balaban J connectivity index is 2.87.